The number of rotatable bonds is 7. The van der Waals surface area contributed by atoms with E-state index in [0.29, 0.717) is 0 Å². The van der Waals surface area contributed by atoms with Gasteiger partial charge >= 0.3 is 0 Å². The average molecular weight is 222 g/mol. The summed E-state index contributed by atoms with van der Waals surface area (Å²) in [5.41, 5.74) is 5.49. The van der Waals surface area contributed by atoms with Crippen molar-refractivity contribution in [1.82, 2.24) is 5.43 Å². The van der Waals surface area contributed by atoms with Gasteiger partial charge in [-0.1, -0.05) is 31.2 Å². The zero-order valence-electron chi connectivity index (χ0n) is 10.2. The van der Waals surface area contributed by atoms with E-state index in [2.05, 4.69) is 36.6 Å². The van der Waals surface area contributed by atoms with E-state index in [4.69, 9.17) is 10.6 Å². The molecule has 0 saturated heterocycles. The summed E-state index contributed by atoms with van der Waals surface area (Å²) in [4.78, 5) is 0. The maximum Gasteiger partial charge on any atom is 0.0462 e. The predicted molar refractivity (Wildman–Crippen MR) is 67.0 cm³/mol. The molecule has 0 aliphatic carbocycles. The first kappa shape index (κ1) is 13.2. The normalized spacial score (nSPS) is 12.7. The van der Waals surface area contributed by atoms with Crippen LogP contribution in [-0.2, 0) is 11.2 Å². The van der Waals surface area contributed by atoms with Crippen LogP contribution in [0.2, 0.25) is 0 Å². The molecular weight excluding hydrogens is 200 g/mol. The van der Waals surface area contributed by atoms with Gasteiger partial charge in [0.15, 0.2) is 0 Å². The summed E-state index contributed by atoms with van der Waals surface area (Å²) < 4.78 is 5.05. The number of nitrogens with two attached hydrogens (primary N) is 1. The lowest BCUT2D eigenvalue weighted by Gasteiger charge is -2.16. The summed E-state index contributed by atoms with van der Waals surface area (Å²) in [5, 5.41) is 0. The van der Waals surface area contributed by atoms with Crippen LogP contribution in [-0.4, -0.2) is 13.7 Å². The Hall–Kier alpha value is -0.900. The SMILES string of the molecule is CCc1cccc(C(CCCOC)NN)c1. The molecule has 0 saturated carbocycles. The maximum absolute atomic E-state index is 5.59. The third-order valence-corrected chi connectivity index (χ3v) is 2.80. The third kappa shape index (κ3) is 3.93. The molecule has 0 aliphatic heterocycles. The summed E-state index contributed by atoms with van der Waals surface area (Å²) in [6.45, 7) is 2.95. The first-order chi connectivity index (χ1) is 7.81. The van der Waals surface area contributed by atoms with Gasteiger partial charge in [-0.05, 0) is 30.4 Å². The van der Waals surface area contributed by atoms with E-state index in [1.165, 1.54) is 11.1 Å². The van der Waals surface area contributed by atoms with Crippen LogP contribution < -0.4 is 11.3 Å². The molecule has 1 rings (SSSR count). The number of hydrazine groups is 1. The van der Waals surface area contributed by atoms with Crippen molar-refractivity contribution in [2.24, 2.45) is 5.84 Å². The highest BCUT2D eigenvalue weighted by atomic mass is 16.5. The van der Waals surface area contributed by atoms with Gasteiger partial charge in [0.25, 0.3) is 0 Å². The fraction of sp³-hybridized carbons (Fsp3) is 0.538. The van der Waals surface area contributed by atoms with Gasteiger partial charge in [0, 0.05) is 19.8 Å². The molecule has 0 fully saturated rings. The fourth-order valence-electron chi connectivity index (χ4n) is 1.81. The lowest BCUT2D eigenvalue weighted by Crippen LogP contribution is -2.28. The molecule has 0 bridgehead atoms. The minimum atomic E-state index is 0.224. The molecule has 16 heavy (non-hydrogen) atoms. The van der Waals surface area contributed by atoms with Crippen LogP contribution in [0.25, 0.3) is 0 Å². The van der Waals surface area contributed by atoms with Crippen molar-refractivity contribution in [3.05, 3.63) is 35.4 Å². The molecule has 0 radical (unpaired) electrons. The van der Waals surface area contributed by atoms with Crippen LogP contribution in [0.3, 0.4) is 0 Å². The molecule has 0 amide bonds. The quantitative estimate of drug-likeness (QED) is 0.422. The van der Waals surface area contributed by atoms with E-state index in [-0.39, 0.29) is 6.04 Å². The van der Waals surface area contributed by atoms with Gasteiger partial charge in [0.05, 0.1) is 0 Å². The zero-order valence-corrected chi connectivity index (χ0v) is 10.2. The Morgan fingerprint density at radius 3 is 2.88 bits per heavy atom. The van der Waals surface area contributed by atoms with Crippen molar-refractivity contribution in [3.63, 3.8) is 0 Å². The number of hydrogen-bond donors (Lipinski definition) is 2. The monoisotopic (exact) mass is 222 g/mol. The first-order valence-electron chi connectivity index (χ1n) is 5.85. The number of nitrogens with one attached hydrogen (secondary N) is 1. The van der Waals surface area contributed by atoms with Gasteiger partial charge < -0.3 is 4.74 Å². The van der Waals surface area contributed by atoms with Crippen molar-refractivity contribution < 1.29 is 4.74 Å². The summed E-state index contributed by atoms with van der Waals surface area (Å²) in [7, 11) is 1.72. The minimum absolute atomic E-state index is 0.224. The van der Waals surface area contributed by atoms with Crippen LogP contribution in [0.1, 0.15) is 36.9 Å². The highest BCUT2D eigenvalue weighted by molar-refractivity contribution is 5.25. The summed E-state index contributed by atoms with van der Waals surface area (Å²) in [6.07, 6.45) is 3.07. The molecule has 0 aliphatic rings. The number of hydrogen-bond acceptors (Lipinski definition) is 3. The van der Waals surface area contributed by atoms with Crippen molar-refractivity contribution in [3.8, 4) is 0 Å². The van der Waals surface area contributed by atoms with E-state index in [9.17, 15) is 0 Å². The Kier molecular flexibility index (Phi) is 6.08. The van der Waals surface area contributed by atoms with Crippen molar-refractivity contribution in [1.29, 1.82) is 0 Å². The van der Waals surface area contributed by atoms with Gasteiger partial charge in [0.2, 0.25) is 0 Å². The molecule has 3 heteroatoms. The highest BCUT2D eigenvalue weighted by Crippen LogP contribution is 2.19. The zero-order chi connectivity index (χ0) is 11.8. The van der Waals surface area contributed by atoms with Crippen LogP contribution >= 0.6 is 0 Å². The Morgan fingerprint density at radius 2 is 2.25 bits per heavy atom. The molecule has 1 unspecified atom stereocenters. The maximum atomic E-state index is 5.59. The van der Waals surface area contributed by atoms with Gasteiger partial charge in [-0.15, -0.1) is 0 Å². The Bertz CT molecular complexity index is 302. The molecule has 3 nitrogen and oxygen atoms in total. The van der Waals surface area contributed by atoms with E-state index in [0.717, 1.165) is 25.9 Å². The average Bonchev–Trinajstić information content (AvgIpc) is 2.35. The second-order valence-electron chi connectivity index (χ2n) is 3.95. The topological polar surface area (TPSA) is 47.3 Å². The number of methoxy groups -OCH3 is 1. The molecule has 0 spiro atoms. The van der Waals surface area contributed by atoms with Crippen molar-refractivity contribution in [2.45, 2.75) is 32.2 Å². The van der Waals surface area contributed by atoms with Gasteiger partial charge in [-0.25, -0.2) is 0 Å². The summed E-state index contributed by atoms with van der Waals surface area (Å²) >= 11 is 0. The molecular formula is C13H22N2O. The summed E-state index contributed by atoms with van der Waals surface area (Å²) in [6, 6.07) is 8.80. The second kappa shape index (κ2) is 7.39. The van der Waals surface area contributed by atoms with E-state index < -0.39 is 0 Å². The minimum Gasteiger partial charge on any atom is -0.385 e. The Labute approximate surface area is 98.0 Å². The van der Waals surface area contributed by atoms with E-state index in [1.54, 1.807) is 7.11 Å². The number of ether oxygens (including phenoxy) is 1. The van der Waals surface area contributed by atoms with Crippen molar-refractivity contribution >= 4 is 0 Å². The van der Waals surface area contributed by atoms with Gasteiger partial charge in [-0.3, -0.25) is 11.3 Å². The lowest BCUT2D eigenvalue weighted by molar-refractivity contribution is 0.189. The Balaban J connectivity index is 2.62. The van der Waals surface area contributed by atoms with E-state index >= 15 is 0 Å². The second-order valence-corrected chi connectivity index (χ2v) is 3.95. The lowest BCUT2D eigenvalue weighted by atomic mass is 10.00. The van der Waals surface area contributed by atoms with Crippen LogP contribution in [0, 0.1) is 0 Å². The van der Waals surface area contributed by atoms with Crippen molar-refractivity contribution in [2.75, 3.05) is 13.7 Å². The predicted octanol–water partition coefficient (Wildman–Crippen LogP) is 2.18. The molecule has 0 heterocycles. The number of benzene rings is 1. The van der Waals surface area contributed by atoms with Gasteiger partial charge in [0.1, 0.15) is 0 Å². The molecule has 3 N–H and O–H groups in total. The molecule has 1 aromatic carbocycles. The molecule has 1 atom stereocenters. The molecule has 0 aromatic heterocycles. The Morgan fingerprint density at radius 1 is 1.44 bits per heavy atom. The molecule has 1 aromatic rings. The number of aryl methyl sites for hydroxylation is 1. The smallest absolute Gasteiger partial charge is 0.0462 e. The third-order valence-electron chi connectivity index (χ3n) is 2.80. The standard InChI is InChI=1S/C13H22N2O/c1-3-11-6-4-7-12(10-11)13(15-14)8-5-9-16-2/h4,6-7,10,13,15H,3,5,8-9,14H2,1-2H3. The highest BCUT2D eigenvalue weighted by Gasteiger charge is 2.09. The van der Waals surface area contributed by atoms with Crippen LogP contribution in [0.5, 0.6) is 0 Å². The van der Waals surface area contributed by atoms with Gasteiger partial charge in [-0.2, -0.15) is 0 Å². The first-order valence-corrected chi connectivity index (χ1v) is 5.85. The largest absolute Gasteiger partial charge is 0.385 e. The van der Waals surface area contributed by atoms with Crippen LogP contribution in [0.15, 0.2) is 24.3 Å². The molecule has 90 valence electrons. The fourth-order valence-corrected chi connectivity index (χ4v) is 1.81. The summed E-state index contributed by atoms with van der Waals surface area (Å²) in [5.74, 6) is 5.59. The van der Waals surface area contributed by atoms with E-state index in [1.807, 2.05) is 0 Å². The van der Waals surface area contributed by atoms with Crippen LogP contribution in [0.4, 0.5) is 0 Å².